The van der Waals surface area contributed by atoms with Gasteiger partial charge in [0.1, 0.15) is 6.04 Å². The Morgan fingerprint density at radius 2 is 1.86 bits per heavy atom. The highest BCUT2D eigenvalue weighted by molar-refractivity contribution is 6.05. The molecule has 2 fully saturated rings. The maximum Gasteiger partial charge on any atom is 0.319 e. The average Bonchev–Trinajstić information content (AvgIpc) is 3.15. The summed E-state index contributed by atoms with van der Waals surface area (Å²) in [5, 5.41) is 8.40. The summed E-state index contributed by atoms with van der Waals surface area (Å²) in [7, 11) is 0. The van der Waals surface area contributed by atoms with Crippen LogP contribution < -0.4 is 16.0 Å². The molecule has 0 aromatic heterocycles. The van der Waals surface area contributed by atoms with Crippen molar-refractivity contribution in [1.29, 1.82) is 0 Å². The van der Waals surface area contributed by atoms with Crippen molar-refractivity contribution < 1.29 is 23.9 Å². The van der Waals surface area contributed by atoms with E-state index in [1.54, 1.807) is 18.2 Å². The summed E-state index contributed by atoms with van der Waals surface area (Å²) in [6, 6.07) is 14.2. The highest BCUT2D eigenvalue weighted by Crippen LogP contribution is 2.30. The number of imide groups is 1. The van der Waals surface area contributed by atoms with Crippen LogP contribution in [0.15, 0.2) is 48.5 Å². The fourth-order valence-corrected chi connectivity index (χ4v) is 5.15. The number of carbonyl (C=O) groups excluding carboxylic acids is 4. The lowest BCUT2D eigenvalue weighted by molar-refractivity contribution is -0.136. The molecule has 35 heavy (non-hydrogen) atoms. The van der Waals surface area contributed by atoms with E-state index in [1.807, 2.05) is 18.2 Å². The third-order valence-electron chi connectivity index (χ3n) is 7.00. The molecular weight excluding hydrogens is 448 g/mol. The predicted molar refractivity (Wildman–Crippen MR) is 128 cm³/mol. The van der Waals surface area contributed by atoms with Crippen molar-refractivity contribution >= 4 is 29.4 Å². The van der Waals surface area contributed by atoms with Crippen LogP contribution in [0.2, 0.25) is 0 Å². The highest BCUT2D eigenvalue weighted by atomic mass is 16.5. The molecule has 2 aromatic carbocycles. The lowest BCUT2D eigenvalue weighted by Gasteiger charge is -2.38. The van der Waals surface area contributed by atoms with Gasteiger partial charge in [-0.25, -0.2) is 4.79 Å². The molecule has 0 radical (unpaired) electrons. The molecule has 3 heterocycles. The minimum absolute atomic E-state index is 0.208. The molecule has 0 spiro atoms. The smallest absolute Gasteiger partial charge is 0.319 e. The molecule has 0 bridgehead atoms. The van der Waals surface area contributed by atoms with Gasteiger partial charge in [-0.2, -0.15) is 0 Å². The van der Waals surface area contributed by atoms with Crippen LogP contribution >= 0.6 is 0 Å². The van der Waals surface area contributed by atoms with E-state index in [1.165, 1.54) is 4.90 Å². The normalized spacial score (nSPS) is 21.3. The lowest BCUT2D eigenvalue weighted by Crippen LogP contribution is -2.54. The van der Waals surface area contributed by atoms with Gasteiger partial charge in [0, 0.05) is 37.4 Å². The van der Waals surface area contributed by atoms with Crippen molar-refractivity contribution in [3.63, 3.8) is 0 Å². The number of benzene rings is 2. The zero-order valence-electron chi connectivity index (χ0n) is 19.3. The van der Waals surface area contributed by atoms with E-state index in [4.69, 9.17) is 4.74 Å². The summed E-state index contributed by atoms with van der Waals surface area (Å²) in [5.41, 5.74) is 2.56. The van der Waals surface area contributed by atoms with Crippen LogP contribution in [0.3, 0.4) is 0 Å². The number of ether oxygens (including phenoxy) is 1. The topological polar surface area (TPSA) is 117 Å². The number of nitrogens with one attached hydrogen (secondary N) is 3. The molecule has 3 aliphatic heterocycles. The quantitative estimate of drug-likeness (QED) is 0.573. The summed E-state index contributed by atoms with van der Waals surface area (Å²) in [6.07, 6.45) is 2.67. The lowest BCUT2D eigenvalue weighted by atomic mass is 9.83. The van der Waals surface area contributed by atoms with Crippen molar-refractivity contribution in [3.05, 3.63) is 65.2 Å². The molecule has 3 aliphatic rings. The summed E-state index contributed by atoms with van der Waals surface area (Å²) in [5.74, 6) is -1.00. The third-order valence-corrected chi connectivity index (χ3v) is 7.00. The van der Waals surface area contributed by atoms with Gasteiger partial charge in [-0.1, -0.05) is 30.3 Å². The predicted octanol–water partition coefficient (Wildman–Crippen LogP) is 2.36. The molecule has 1 atom stereocenters. The van der Waals surface area contributed by atoms with Crippen LogP contribution in [0.1, 0.15) is 47.2 Å². The number of hydrogen-bond donors (Lipinski definition) is 3. The minimum atomic E-state index is -0.668. The van der Waals surface area contributed by atoms with E-state index in [2.05, 4.69) is 28.1 Å². The van der Waals surface area contributed by atoms with Crippen LogP contribution in [-0.4, -0.2) is 53.4 Å². The van der Waals surface area contributed by atoms with Crippen molar-refractivity contribution in [1.82, 2.24) is 15.5 Å². The number of rotatable bonds is 5. The Morgan fingerprint density at radius 3 is 2.60 bits per heavy atom. The maximum atomic E-state index is 13.0. The van der Waals surface area contributed by atoms with Crippen molar-refractivity contribution in [3.8, 4) is 0 Å². The molecule has 2 saturated heterocycles. The Hall–Kier alpha value is -3.72. The zero-order chi connectivity index (χ0) is 24.4. The Labute approximate surface area is 203 Å². The number of fused-ring (bicyclic) bond motifs is 1. The summed E-state index contributed by atoms with van der Waals surface area (Å²) < 4.78 is 5.54. The first-order valence-electron chi connectivity index (χ1n) is 11.9. The largest absolute Gasteiger partial charge is 0.381 e. The fourth-order valence-electron chi connectivity index (χ4n) is 5.15. The monoisotopic (exact) mass is 476 g/mol. The van der Waals surface area contributed by atoms with E-state index in [9.17, 15) is 19.2 Å². The summed E-state index contributed by atoms with van der Waals surface area (Å²) in [6.45, 7) is 1.43. The Bertz CT molecular complexity index is 1160. The first kappa shape index (κ1) is 23.0. The van der Waals surface area contributed by atoms with Crippen LogP contribution in [0.4, 0.5) is 10.5 Å². The Balaban J connectivity index is 1.27. The molecule has 9 nitrogen and oxygen atoms in total. The van der Waals surface area contributed by atoms with E-state index in [0.717, 1.165) is 24.0 Å². The molecule has 0 aliphatic carbocycles. The second-order valence-corrected chi connectivity index (χ2v) is 9.41. The van der Waals surface area contributed by atoms with E-state index >= 15 is 0 Å². The molecule has 2 aromatic rings. The Morgan fingerprint density at radius 1 is 1.09 bits per heavy atom. The number of amides is 5. The van der Waals surface area contributed by atoms with Gasteiger partial charge in [-0.05, 0) is 55.0 Å². The summed E-state index contributed by atoms with van der Waals surface area (Å²) >= 11 is 0. The van der Waals surface area contributed by atoms with Crippen molar-refractivity contribution in [2.45, 2.75) is 50.2 Å². The highest BCUT2D eigenvalue weighted by Gasteiger charge is 2.39. The molecule has 0 saturated carbocycles. The van der Waals surface area contributed by atoms with Crippen molar-refractivity contribution in [2.75, 3.05) is 18.5 Å². The fraction of sp³-hybridized carbons (Fsp3) is 0.385. The van der Waals surface area contributed by atoms with Gasteiger partial charge >= 0.3 is 6.03 Å². The average molecular weight is 477 g/mol. The number of hydrogen-bond acceptors (Lipinski definition) is 5. The number of carbonyl (C=O) groups is 4. The van der Waals surface area contributed by atoms with Crippen LogP contribution in [-0.2, 0) is 27.3 Å². The van der Waals surface area contributed by atoms with Crippen LogP contribution in [0.25, 0.3) is 0 Å². The van der Waals surface area contributed by atoms with Gasteiger partial charge in [0.05, 0.1) is 5.54 Å². The zero-order valence-corrected chi connectivity index (χ0v) is 19.3. The second kappa shape index (κ2) is 9.50. The molecule has 9 heteroatoms. The van der Waals surface area contributed by atoms with E-state index in [-0.39, 0.29) is 30.8 Å². The standard InChI is InChI=1S/C26H28N4O5/c31-22-9-8-21(23(32)28-22)30-16-18-14-19(6-7-20(18)24(30)33)27-25(34)29-26(10-12-35-13-11-26)15-17-4-2-1-3-5-17/h1-7,14,21H,8-13,15-16H2,(H2,27,29,34)(H,28,31,32). The van der Waals surface area contributed by atoms with Gasteiger partial charge in [0.2, 0.25) is 11.8 Å². The number of piperidine rings is 1. The maximum absolute atomic E-state index is 13.0. The van der Waals surface area contributed by atoms with Gasteiger partial charge in [-0.15, -0.1) is 0 Å². The molecule has 182 valence electrons. The first-order chi connectivity index (χ1) is 16.9. The Kier molecular flexibility index (Phi) is 6.25. The van der Waals surface area contributed by atoms with Crippen LogP contribution in [0, 0.1) is 0 Å². The molecule has 5 amide bonds. The first-order valence-corrected chi connectivity index (χ1v) is 11.9. The molecular formula is C26H28N4O5. The summed E-state index contributed by atoms with van der Waals surface area (Å²) in [4.78, 5) is 51.1. The van der Waals surface area contributed by atoms with E-state index in [0.29, 0.717) is 37.3 Å². The van der Waals surface area contributed by atoms with Crippen molar-refractivity contribution in [2.24, 2.45) is 0 Å². The van der Waals surface area contributed by atoms with Crippen LogP contribution in [0.5, 0.6) is 0 Å². The third kappa shape index (κ3) is 4.90. The van der Waals surface area contributed by atoms with Gasteiger partial charge < -0.3 is 20.3 Å². The van der Waals surface area contributed by atoms with E-state index < -0.39 is 17.5 Å². The second-order valence-electron chi connectivity index (χ2n) is 9.41. The van der Waals surface area contributed by atoms with Gasteiger partial charge in [-0.3, -0.25) is 19.7 Å². The minimum Gasteiger partial charge on any atom is -0.381 e. The van der Waals surface area contributed by atoms with Gasteiger partial charge in [0.15, 0.2) is 0 Å². The molecule has 1 unspecified atom stereocenters. The number of anilines is 1. The number of urea groups is 1. The van der Waals surface area contributed by atoms with Gasteiger partial charge in [0.25, 0.3) is 5.91 Å². The molecule has 5 rings (SSSR count). The SMILES string of the molecule is O=C1CCC(N2Cc3cc(NC(=O)NC4(Cc5ccccc5)CCOCC4)ccc3C2=O)C(=O)N1. The molecule has 3 N–H and O–H groups in total. The number of nitrogens with zero attached hydrogens (tertiary/aromatic N) is 1.